The SMILES string of the molecule is Nc1ccc(Cl)c(C(=O)NCCC(=O)NCC(F)(F)F)c1. The van der Waals surface area contributed by atoms with Crippen LogP contribution in [-0.4, -0.2) is 31.1 Å². The first-order valence-electron chi connectivity index (χ1n) is 5.86. The van der Waals surface area contributed by atoms with E-state index in [0.29, 0.717) is 5.69 Å². The predicted octanol–water partition coefficient (Wildman–Crippen LogP) is 1.72. The van der Waals surface area contributed by atoms with Crippen LogP contribution in [0.4, 0.5) is 18.9 Å². The summed E-state index contributed by atoms with van der Waals surface area (Å²) in [6, 6.07) is 4.33. The molecule has 0 aliphatic rings. The van der Waals surface area contributed by atoms with Crippen molar-refractivity contribution in [1.29, 1.82) is 0 Å². The number of anilines is 1. The lowest BCUT2D eigenvalue weighted by atomic mass is 10.2. The molecule has 0 bridgehead atoms. The van der Waals surface area contributed by atoms with Crippen LogP contribution in [0.2, 0.25) is 5.02 Å². The summed E-state index contributed by atoms with van der Waals surface area (Å²) in [6.45, 7) is -1.52. The highest BCUT2D eigenvalue weighted by Gasteiger charge is 2.27. The third-order valence-corrected chi connectivity index (χ3v) is 2.69. The molecule has 0 unspecified atom stereocenters. The molecule has 2 amide bonds. The van der Waals surface area contributed by atoms with Gasteiger partial charge in [0.1, 0.15) is 6.54 Å². The number of nitrogens with two attached hydrogens (primary N) is 1. The van der Waals surface area contributed by atoms with Gasteiger partial charge in [0.2, 0.25) is 5.91 Å². The molecule has 0 aliphatic carbocycles. The van der Waals surface area contributed by atoms with E-state index in [2.05, 4.69) is 5.32 Å². The van der Waals surface area contributed by atoms with E-state index in [-0.39, 0.29) is 23.6 Å². The van der Waals surface area contributed by atoms with E-state index in [9.17, 15) is 22.8 Å². The molecule has 5 nitrogen and oxygen atoms in total. The quantitative estimate of drug-likeness (QED) is 0.721. The van der Waals surface area contributed by atoms with Crippen LogP contribution in [0.5, 0.6) is 0 Å². The molecule has 0 saturated heterocycles. The monoisotopic (exact) mass is 323 g/mol. The Morgan fingerprint density at radius 2 is 1.90 bits per heavy atom. The summed E-state index contributed by atoms with van der Waals surface area (Å²) in [5, 5.41) is 4.25. The van der Waals surface area contributed by atoms with Crippen molar-refractivity contribution >= 4 is 29.1 Å². The van der Waals surface area contributed by atoms with Crippen LogP contribution in [0.25, 0.3) is 0 Å². The maximum atomic E-state index is 11.9. The first kappa shape index (κ1) is 17.1. The van der Waals surface area contributed by atoms with Crippen LogP contribution in [0.3, 0.4) is 0 Å². The summed E-state index contributed by atoms with van der Waals surface area (Å²) in [5.74, 6) is -1.37. The third-order valence-electron chi connectivity index (χ3n) is 2.36. The maximum absolute atomic E-state index is 11.9. The Kier molecular flexibility index (Phi) is 5.83. The highest BCUT2D eigenvalue weighted by atomic mass is 35.5. The van der Waals surface area contributed by atoms with Gasteiger partial charge in [-0.25, -0.2) is 0 Å². The Morgan fingerprint density at radius 1 is 1.24 bits per heavy atom. The number of nitrogen functional groups attached to an aromatic ring is 1. The van der Waals surface area contributed by atoms with Crippen LogP contribution in [-0.2, 0) is 4.79 Å². The molecule has 4 N–H and O–H groups in total. The highest BCUT2D eigenvalue weighted by molar-refractivity contribution is 6.34. The second-order valence-electron chi connectivity index (χ2n) is 4.14. The Labute approximate surface area is 123 Å². The van der Waals surface area contributed by atoms with Gasteiger partial charge in [0, 0.05) is 18.7 Å². The molecule has 0 aliphatic heterocycles. The van der Waals surface area contributed by atoms with Crippen LogP contribution < -0.4 is 16.4 Å². The number of amides is 2. The summed E-state index contributed by atoms with van der Waals surface area (Å²) >= 11 is 5.81. The molecule has 21 heavy (non-hydrogen) atoms. The van der Waals surface area contributed by atoms with E-state index in [1.165, 1.54) is 18.2 Å². The van der Waals surface area contributed by atoms with Crippen molar-refractivity contribution in [2.75, 3.05) is 18.8 Å². The van der Waals surface area contributed by atoms with Gasteiger partial charge in [0.05, 0.1) is 10.6 Å². The van der Waals surface area contributed by atoms with Crippen molar-refractivity contribution in [2.45, 2.75) is 12.6 Å². The van der Waals surface area contributed by atoms with E-state index < -0.39 is 24.5 Å². The number of benzene rings is 1. The van der Waals surface area contributed by atoms with Gasteiger partial charge in [0.15, 0.2) is 0 Å². The van der Waals surface area contributed by atoms with Crippen molar-refractivity contribution < 1.29 is 22.8 Å². The van der Waals surface area contributed by atoms with E-state index in [1.807, 2.05) is 0 Å². The van der Waals surface area contributed by atoms with Gasteiger partial charge in [0.25, 0.3) is 5.91 Å². The van der Waals surface area contributed by atoms with Crippen LogP contribution in [0.15, 0.2) is 18.2 Å². The number of rotatable bonds is 5. The van der Waals surface area contributed by atoms with Crippen molar-refractivity contribution in [3.63, 3.8) is 0 Å². The molecule has 1 aromatic carbocycles. The second-order valence-corrected chi connectivity index (χ2v) is 4.54. The van der Waals surface area contributed by atoms with Gasteiger partial charge in [-0.3, -0.25) is 9.59 Å². The normalized spacial score (nSPS) is 11.0. The fraction of sp³-hybridized carbons (Fsp3) is 0.333. The molecule has 1 aromatic rings. The van der Waals surface area contributed by atoms with Crippen molar-refractivity contribution in [2.24, 2.45) is 0 Å². The van der Waals surface area contributed by atoms with Crippen LogP contribution in [0, 0.1) is 0 Å². The van der Waals surface area contributed by atoms with Gasteiger partial charge in [-0.05, 0) is 18.2 Å². The average molecular weight is 324 g/mol. The number of halogens is 4. The van der Waals surface area contributed by atoms with Gasteiger partial charge in [-0.15, -0.1) is 0 Å². The van der Waals surface area contributed by atoms with E-state index >= 15 is 0 Å². The number of carbonyl (C=O) groups is 2. The Balaban J connectivity index is 2.40. The zero-order chi connectivity index (χ0) is 16.0. The zero-order valence-corrected chi connectivity index (χ0v) is 11.5. The van der Waals surface area contributed by atoms with Crippen LogP contribution in [0.1, 0.15) is 16.8 Å². The van der Waals surface area contributed by atoms with E-state index in [1.54, 1.807) is 5.32 Å². The zero-order valence-electron chi connectivity index (χ0n) is 10.8. The lowest BCUT2D eigenvalue weighted by molar-refractivity contribution is -0.138. The predicted molar refractivity (Wildman–Crippen MR) is 71.9 cm³/mol. The van der Waals surface area contributed by atoms with Gasteiger partial charge in [-0.2, -0.15) is 13.2 Å². The summed E-state index contributed by atoms with van der Waals surface area (Å²) in [5.41, 5.74) is 5.99. The van der Waals surface area contributed by atoms with E-state index in [0.717, 1.165) is 0 Å². The molecule has 0 fully saturated rings. The summed E-state index contributed by atoms with van der Waals surface area (Å²) in [6.07, 6.45) is -4.74. The molecule has 116 valence electrons. The second kappa shape index (κ2) is 7.16. The number of nitrogens with one attached hydrogen (secondary N) is 2. The van der Waals surface area contributed by atoms with E-state index in [4.69, 9.17) is 17.3 Å². The third kappa shape index (κ3) is 6.35. The summed E-state index contributed by atoms with van der Waals surface area (Å²) in [7, 11) is 0. The lowest BCUT2D eigenvalue weighted by Gasteiger charge is -2.09. The number of carbonyl (C=O) groups excluding carboxylic acids is 2. The average Bonchev–Trinajstić information content (AvgIpc) is 2.38. The largest absolute Gasteiger partial charge is 0.405 e. The number of alkyl halides is 3. The molecule has 0 radical (unpaired) electrons. The number of hydrogen-bond acceptors (Lipinski definition) is 3. The minimum Gasteiger partial charge on any atom is -0.399 e. The molecule has 0 atom stereocenters. The standard InChI is InChI=1S/C12H13ClF3N3O2/c13-9-2-1-7(17)5-8(9)11(21)18-4-3-10(20)19-6-12(14,15)16/h1-2,5H,3-4,6,17H2,(H,18,21)(H,19,20). The summed E-state index contributed by atoms with van der Waals surface area (Å²) in [4.78, 5) is 22.9. The van der Waals surface area contributed by atoms with Gasteiger partial charge < -0.3 is 16.4 Å². The minimum atomic E-state index is -4.46. The topological polar surface area (TPSA) is 84.2 Å². The smallest absolute Gasteiger partial charge is 0.399 e. The van der Waals surface area contributed by atoms with Crippen molar-refractivity contribution in [3.8, 4) is 0 Å². The molecular weight excluding hydrogens is 311 g/mol. The van der Waals surface area contributed by atoms with Crippen molar-refractivity contribution in [3.05, 3.63) is 28.8 Å². The molecule has 9 heteroatoms. The minimum absolute atomic E-state index is 0.117. The Morgan fingerprint density at radius 3 is 2.52 bits per heavy atom. The van der Waals surface area contributed by atoms with Gasteiger partial charge in [-0.1, -0.05) is 11.6 Å². The molecular formula is C12H13ClF3N3O2. The van der Waals surface area contributed by atoms with Gasteiger partial charge >= 0.3 is 6.18 Å². The lowest BCUT2D eigenvalue weighted by Crippen LogP contribution is -2.36. The maximum Gasteiger partial charge on any atom is 0.405 e. The first-order chi connectivity index (χ1) is 9.69. The molecule has 1 rings (SSSR count). The van der Waals surface area contributed by atoms with Crippen molar-refractivity contribution in [1.82, 2.24) is 10.6 Å². The van der Waals surface area contributed by atoms with Crippen LogP contribution >= 0.6 is 11.6 Å². The first-order valence-corrected chi connectivity index (χ1v) is 6.23. The molecule has 0 heterocycles. The molecule has 0 aromatic heterocycles. The fourth-order valence-corrected chi connectivity index (χ4v) is 1.59. The fourth-order valence-electron chi connectivity index (χ4n) is 1.39. The molecule has 0 saturated carbocycles. The molecule has 0 spiro atoms. The Hall–Kier alpha value is -1.96. The Bertz CT molecular complexity index is 535. The number of hydrogen-bond donors (Lipinski definition) is 3. The highest BCUT2D eigenvalue weighted by Crippen LogP contribution is 2.18. The summed E-state index contributed by atoms with van der Waals surface area (Å²) < 4.78 is 35.6.